The zero-order chi connectivity index (χ0) is 65.8. The van der Waals surface area contributed by atoms with E-state index in [0.717, 1.165) is 35.5 Å². The molecule has 0 aliphatic heterocycles. The van der Waals surface area contributed by atoms with Crippen molar-refractivity contribution in [3.8, 4) is 0 Å². The third kappa shape index (κ3) is 62.9. The van der Waals surface area contributed by atoms with E-state index in [9.17, 15) is 71.9 Å². The molecule has 0 aromatic heterocycles. The summed E-state index contributed by atoms with van der Waals surface area (Å²) in [6.07, 6.45) is 3.53. The highest BCUT2D eigenvalue weighted by Crippen LogP contribution is 2.06. The molecule has 35 nitrogen and oxygen atoms in total. The van der Waals surface area contributed by atoms with Gasteiger partial charge in [-0.2, -0.15) is 0 Å². The van der Waals surface area contributed by atoms with Crippen LogP contribution < -0.4 is 17.2 Å². The van der Waals surface area contributed by atoms with Crippen LogP contribution >= 0.6 is 0 Å². The lowest BCUT2D eigenvalue weighted by atomic mass is 10.1. The lowest BCUT2D eigenvalue weighted by molar-refractivity contribution is -0.165. The highest BCUT2D eigenvalue weighted by molar-refractivity contribution is 5.85. The molecule has 0 radical (unpaired) electrons. The van der Waals surface area contributed by atoms with E-state index >= 15 is 0 Å². The molecule has 0 rings (SSSR count). The molecule has 0 fully saturated rings. The molecule has 3 atom stereocenters. The zero-order valence-corrected chi connectivity index (χ0v) is 46.8. The van der Waals surface area contributed by atoms with Crippen molar-refractivity contribution in [3.63, 3.8) is 0 Å². The van der Waals surface area contributed by atoms with Gasteiger partial charge >= 0.3 is 65.7 Å². The summed E-state index contributed by atoms with van der Waals surface area (Å²) in [7, 11) is 0. The molecule has 0 bridgehead atoms. The molecule has 0 aromatic carbocycles. The van der Waals surface area contributed by atoms with Gasteiger partial charge in [-0.15, -0.1) is 0 Å². The molecule has 83 heavy (non-hydrogen) atoms. The van der Waals surface area contributed by atoms with E-state index in [1.54, 1.807) is 6.92 Å². The zero-order valence-electron chi connectivity index (χ0n) is 46.8. The first-order valence-corrected chi connectivity index (χ1v) is 25.6. The molecular formula is C48H85N7O28. The number of hydrogen-bond acceptors (Lipinski definition) is 20. The van der Waals surface area contributed by atoms with Gasteiger partial charge in [-0.05, 0) is 51.5 Å². The number of carbonyl (C=O) groups excluding carboxylic acids is 4. The molecule has 480 valence electrons. The predicted molar refractivity (Wildman–Crippen MR) is 284 cm³/mol. The van der Waals surface area contributed by atoms with Crippen LogP contribution in [0.3, 0.4) is 0 Å². The first-order valence-electron chi connectivity index (χ1n) is 25.6. The Balaban J connectivity index is -0.000000222. The average molecular weight is 1210 g/mol. The van der Waals surface area contributed by atoms with Crippen molar-refractivity contribution in [2.24, 2.45) is 17.2 Å². The van der Waals surface area contributed by atoms with Crippen molar-refractivity contribution >= 4 is 89.3 Å². The molecule has 0 aromatic rings. The third-order valence-electron chi connectivity index (χ3n) is 9.68. The van der Waals surface area contributed by atoms with Gasteiger partial charge in [0.1, 0.15) is 13.1 Å². The number of aliphatic carboxylic acids is 11. The van der Waals surface area contributed by atoms with Gasteiger partial charge in [0, 0.05) is 58.3 Å². The number of hydrogen-bond donors (Lipinski definition) is 16. The van der Waals surface area contributed by atoms with E-state index in [4.69, 9.17) is 83.6 Å². The summed E-state index contributed by atoms with van der Waals surface area (Å²) >= 11 is 0. The minimum atomic E-state index is -2.27. The van der Waals surface area contributed by atoms with Gasteiger partial charge in [0.15, 0.2) is 12.2 Å². The van der Waals surface area contributed by atoms with Crippen LogP contribution in [0, 0.1) is 0 Å². The molecule has 2 unspecified atom stereocenters. The van der Waals surface area contributed by atoms with Crippen LogP contribution in [0.4, 0.5) is 0 Å². The molecule has 0 aliphatic carbocycles. The Labute approximate surface area is 477 Å². The van der Waals surface area contributed by atoms with Crippen molar-refractivity contribution in [2.75, 3.05) is 65.4 Å². The second-order valence-corrected chi connectivity index (χ2v) is 17.2. The summed E-state index contributed by atoms with van der Waals surface area (Å²) in [6.45, 7) is 3.79. The van der Waals surface area contributed by atoms with Crippen molar-refractivity contribution in [1.82, 2.24) is 19.6 Å². The van der Waals surface area contributed by atoms with Crippen LogP contribution in [0.15, 0.2) is 0 Å². The fourth-order valence-corrected chi connectivity index (χ4v) is 5.67. The molecule has 4 amide bonds. The minimum absolute atomic E-state index is 0.0862. The van der Waals surface area contributed by atoms with Crippen LogP contribution in [0.5, 0.6) is 0 Å². The normalized spacial score (nSPS) is 11.0. The number of aliphatic hydroxyl groups is 2. The Bertz CT molecular complexity index is 1880. The van der Waals surface area contributed by atoms with E-state index < -0.39 is 128 Å². The number of carboxylic acid groups (broad SMARTS) is 11. The van der Waals surface area contributed by atoms with Gasteiger partial charge in [-0.3, -0.25) is 67.2 Å². The van der Waals surface area contributed by atoms with Crippen LogP contribution in [-0.2, 0) is 71.9 Å². The Morgan fingerprint density at radius 1 is 0.361 bits per heavy atom. The molecular weight excluding hydrogens is 1120 g/mol. The number of amides is 4. The van der Waals surface area contributed by atoms with Crippen LogP contribution in [-0.4, -0.2) is 259 Å². The molecule has 19 N–H and O–H groups in total. The number of aliphatic hydroxyl groups excluding tert-OH is 2. The summed E-state index contributed by atoms with van der Waals surface area (Å²) in [5.41, 5.74) is 15.5. The number of rotatable bonds is 40. The monoisotopic (exact) mass is 1210 g/mol. The third-order valence-corrected chi connectivity index (χ3v) is 9.68. The molecule has 0 saturated carbocycles. The number of unbranched alkanes of at least 4 members (excludes halogenated alkanes) is 4. The summed E-state index contributed by atoms with van der Waals surface area (Å²) in [5.74, 6) is -14.5. The van der Waals surface area contributed by atoms with Crippen LogP contribution in [0.25, 0.3) is 0 Å². The topological polar surface area (TPSA) is 610 Å². The summed E-state index contributed by atoms with van der Waals surface area (Å²) in [4.78, 5) is 162. The average Bonchev–Trinajstić information content (AvgIpc) is 3.35. The van der Waals surface area contributed by atoms with Crippen LogP contribution in [0.1, 0.15) is 130 Å². The number of carboxylic acids is 11. The Morgan fingerprint density at radius 2 is 0.651 bits per heavy atom. The lowest BCUT2D eigenvalue weighted by Crippen LogP contribution is -2.42. The van der Waals surface area contributed by atoms with Crippen LogP contribution in [0.2, 0.25) is 0 Å². The van der Waals surface area contributed by atoms with E-state index in [1.807, 2.05) is 13.8 Å². The van der Waals surface area contributed by atoms with E-state index in [2.05, 4.69) is 0 Å². The van der Waals surface area contributed by atoms with Crippen molar-refractivity contribution in [1.29, 1.82) is 0 Å². The van der Waals surface area contributed by atoms with Gasteiger partial charge in [0.05, 0.1) is 38.5 Å². The Morgan fingerprint density at radius 3 is 0.880 bits per heavy atom. The highest BCUT2D eigenvalue weighted by atomic mass is 16.4. The summed E-state index contributed by atoms with van der Waals surface area (Å²) in [5, 5.41) is 108. The molecule has 35 heteroatoms. The smallest absolute Gasteiger partial charge is 0.335 e. The van der Waals surface area contributed by atoms with Crippen molar-refractivity contribution in [3.05, 3.63) is 0 Å². The minimum Gasteiger partial charge on any atom is -0.481 e. The largest absolute Gasteiger partial charge is 0.481 e. The second kappa shape index (κ2) is 54.4. The molecule has 0 saturated heterocycles. The molecule has 0 heterocycles. The van der Waals surface area contributed by atoms with E-state index in [1.165, 1.54) is 9.80 Å². The van der Waals surface area contributed by atoms with E-state index in [-0.39, 0.29) is 70.1 Å². The SMILES string of the molecule is CCCC(=O)N(CC(=O)O)CC(=O)O.CCCC(=O)N(CCC(=O)O)CCN(CCC(=O)O)C(=O)CCC.NCCCC[C@H](N)C(N)=O.O=C(O)C(O)C(O)C(=O)O.O=C(O)CCCCCCC(=O)O.O=C(O)CN(CC(=O)O)CC(=O)O. The van der Waals surface area contributed by atoms with Crippen molar-refractivity contribution in [2.45, 2.75) is 148 Å². The predicted octanol–water partition coefficient (Wildman–Crippen LogP) is -2.18. The quantitative estimate of drug-likeness (QED) is 0.0290. The fraction of sp³-hybridized carbons (Fsp3) is 0.688. The maximum atomic E-state index is 12.1. The maximum Gasteiger partial charge on any atom is 0.335 e. The van der Waals surface area contributed by atoms with Gasteiger partial charge in [-0.25, -0.2) is 9.59 Å². The maximum absolute atomic E-state index is 12.1. The fourth-order valence-electron chi connectivity index (χ4n) is 5.67. The Hall–Kier alpha value is -8.15. The number of nitrogens with two attached hydrogens (primary N) is 3. The number of carbonyl (C=O) groups is 15. The summed E-state index contributed by atoms with van der Waals surface area (Å²) in [6, 6.07) is -0.494. The Kier molecular flexibility index (Phi) is 56.5. The number of nitrogens with zero attached hydrogens (tertiary/aromatic N) is 4. The number of primary amides is 1. The van der Waals surface area contributed by atoms with Crippen molar-refractivity contribution < 1.29 is 138 Å². The lowest BCUT2D eigenvalue weighted by Gasteiger charge is -2.27. The van der Waals surface area contributed by atoms with Gasteiger partial charge in [0.25, 0.3) is 0 Å². The van der Waals surface area contributed by atoms with Gasteiger partial charge < -0.3 is 98.3 Å². The van der Waals surface area contributed by atoms with Gasteiger partial charge in [0.2, 0.25) is 23.6 Å². The standard InChI is InChI=1S/C16H28N2O6.C8H13NO5.C8H14O4.C6H15N3O.C6H9NO6.C4H6O6/c1-3-5-13(19)17(9-7-15(21)22)11-12-18(10-8-16(23)24)14(20)6-4-2;1-2-3-6(10)9(4-7(11)12)5-8(13)14;9-7(10)5-3-1-2-4-6-8(11)12;7-4-2-1-3-5(8)6(9)10;8-4(9)1-7(2-5(10)11)3-6(12)13;5-1(3(7)8)2(6)4(9)10/h3-12H2,1-2H3,(H,21,22)(H,23,24);2-5H2,1H3,(H,11,12)(H,13,14);1-6H2,(H,9,10)(H,11,12);5H,1-4,7-8H2,(H2,9,10);1-3H2,(H,8,9)(H,10,11)(H,12,13);1-2,5-6H,(H,7,8)(H,9,10)/t;;;5-;;/m...0../s1. The second-order valence-electron chi connectivity index (χ2n) is 17.2. The first kappa shape index (κ1) is 86.1. The highest BCUT2D eigenvalue weighted by Gasteiger charge is 2.29. The molecule has 0 spiro atoms. The van der Waals surface area contributed by atoms with E-state index in [0.29, 0.717) is 57.9 Å². The first-order chi connectivity index (χ1) is 38.5. The summed E-state index contributed by atoms with van der Waals surface area (Å²) < 4.78 is 0. The molecule has 0 aliphatic rings. The van der Waals surface area contributed by atoms with Gasteiger partial charge in [-0.1, -0.05) is 40.0 Å².